The molecule has 6 heteroatoms. The molecule has 0 spiro atoms. The fourth-order valence-corrected chi connectivity index (χ4v) is 3.41. The van der Waals surface area contributed by atoms with E-state index in [4.69, 9.17) is 11.6 Å². The third kappa shape index (κ3) is 2.89. The van der Waals surface area contributed by atoms with E-state index >= 15 is 0 Å². The number of hydrogen-bond donors (Lipinski definition) is 1. The van der Waals surface area contributed by atoms with Gasteiger partial charge in [-0.2, -0.15) is 0 Å². The number of benzene rings is 1. The van der Waals surface area contributed by atoms with Gasteiger partial charge >= 0.3 is 0 Å². The molecule has 0 atom stereocenters. The number of fused-ring (bicyclic) bond motifs is 1. The number of carbonyl (C=O) groups is 1. The van der Waals surface area contributed by atoms with Crippen LogP contribution in [0.3, 0.4) is 0 Å². The molecule has 0 aliphatic rings. The molecule has 0 saturated carbocycles. The second-order valence-corrected chi connectivity index (χ2v) is 5.86. The molecule has 1 N–H and O–H groups in total. The average molecular weight is 321 g/mol. The molecule has 1 aromatic carbocycles. The molecule has 0 aliphatic carbocycles. The van der Waals surface area contributed by atoms with Crippen molar-refractivity contribution in [3.63, 3.8) is 0 Å². The molecule has 106 valence electrons. The number of nitrogens with zero attached hydrogens (tertiary/aromatic N) is 1. The zero-order valence-corrected chi connectivity index (χ0v) is 12.3. The van der Waals surface area contributed by atoms with Gasteiger partial charge < -0.3 is 5.32 Å². The van der Waals surface area contributed by atoms with Gasteiger partial charge in [-0.1, -0.05) is 17.7 Å². The van der Waals surface area contributed by atoms with Crippen LogP contribution in [0.2, 0.25) is 5.02 Å². The number of thiophene rings is 1. The summed E-state index contributed by atoms with van der Waals surface area (Å²) in [7, 11) is 0. The molecule has 3 aromatic rings. The maximum atomic E-state index is 13.2. The zero-order chi connectivity index (χ0) is 14.8. The lowest BCUT2D eigenvalue weighted by Crippen LogP contribution is -2.22. The van der Waals surface area contributed by atoms with Crippen molar-refractivity contribution in [1.29, 1.82) is 0 Å². The van der Waals surface area contributed by atoms with Gasteiger partial charge in [0.15, 0.2) is 0 Å². The number of amides is 1. The molecule has 3 nitrogen and oxygen atoms in total. The summed E-state index contributed by atoms with van der Waals surface area (Å²) in [6.07, 6.45) is 3.35. The number of carbonyl (C=O) groups excluding carboxylic acids is 1. The lowest BCUT2D eigenvalue weighted by atomic mass is 10.2. The molecule has 2 aromatic heterocycles. The molecule has 0 fully saturated rings. The van der Waals surface area contributed by atoms with E-state index in [1.165, 1.54) is 23.5 Å². The van der Waals surface area contributed by atoms with Crippen molar-refractivity contribution in [3.05, 3.63) is 64.0 Å². The van der Waals surface area contributed by atoms with Crippen molar-refractivity contribution in [1.82, 2.24) is 10.3 Å². The highest BCUT2D eigenvalue weighted by Crippen LogP contribution is 2.35. The summed E-state index contributed by atoms with van der Waals surface area (Å²) >= 11 is 7.38. The Labute approximate surface area is 129 Å². The van der Waals surface area contributed by atoms with Crippen LogP contribution in [0.15, 0.2) is 42.7 Å². The van der Waals surface area contributed by atoms with Gasteiger partial charge in [-0.05, 0) is 29.8 Å². The van der Waals surface area contributed by atoms with E-state index in [0.29, 0.717) is 26.5 Å². The standard InChI is InChI=1S/C15H10ClFN2OS/c16-13-11-4-3-10(17)6-12(11)21-14(13)15(20)19-8-9-2-1-5-18-7-9/h1-7H,8H2,(H,19,20). The summed E-state index contributed by atoms with van der Waals surface area (Å²) in [6.45, 7) is 0.367. The molecule has 2 heterocycles. The normalized spacial score (nSPS) is 10.8. The van der Waals surface area contributed by atoms with E-state index in [0.717, 1.165) is 5.56 Å². The van der Waals surface area contributed by atoms with Crippen molar-refractivity contribution in [2.75, 3.05) is 0 Å². The molecule has 3 rings (SSSR count). The van der Waals surface area contributed by atoms with Crippen LogP contribution < -0.4 is 5.32 Å². The van der Waals surface area contributed by atoms with E-state index in [1.807, 2.05) is 6.07 Å². The van der Waals surface area contributed by atoms with Crippen LogP contribution in [0, 0.1) is 5.82 Å². The Hall–Kier alpha value is -1.98. The van der Waals surface area contributed by atoms with Crippen LogP contribution in [-0.4, -0.2) is 10.9 Å². The predicted octanol–water partition coefficient (Wildman–Crippen LogP) is 4.02. The molecule has 0 saturated heterocycles. The third-order valence-electron chi connectivity index (χ3n) is 2.97. The Kier molecular flexibility index (Phi) is 3.86. The summed E-state index contributed by atoms with van der Waals surface area (Å²) in [6, 6.07) is 7.97. The Bertz CT molecular complexity index is 804. The molecule has 0 radical (unpaired) electrons. The van der Waals surface area contributed by atoms with Crippen molar-refractivity contribution in [2.45, 2.75) is 6.54 Å². The number of halogens is 2. The fraction of sp³-hybridized carbons (Fsp3) is 0.0667. The monoisotopic (exact) mass is 320 g/mol. The van der Waals surface area contributed by atoms with E-state index < -0.39 is 0 Å². The van der Waals surface area contributed by atoms with E-state index in [2.05, 4.69) is 10.3 Å². The lowest BCUT2D eigenvalue weighted by Gasteiger charge is -2.03. The Balaban J connectivity index is 1.83. The van der Waals surface area contributed by atoms with E-state index in [9.17, 15) is 9.18 Å². The third-order valence-corrected chi connectivity index (χ3v) is 4.63. The van der Waals surface area contributed by atoms with Gasteiger partial charge in [-0.3, -0.25) is 9.78 Å². The lowest BCUT2D eigenvalue weighted by molar-refractivity contribution is 0.0955. The molecular formula is C15H10ClFN2OS. The maximum absolute atomic E-state index is 13.2. The largest absolute Gasteiger partial charge is 0.347 e. The summed E-state index contributed by atoms with van der Waals surface area (Å²) in [5.41, 5.74) is 0.897. The van der Waals surface area contributed by atoms with Gasteiger partial charge in [0.2, 0.25) is 0 Å². The number of nitrogens with one attached hydrogen (secondary N) is 1. The van der Waals surface area contributed by atoms with Crippen molar-refractivity contribution >= 4 is 38.9 Å². The first-order valence-electron chi connectivity index (χ1n) is 6.20. The number of rotatable bonds is 3. The smallest absolute Gasteiger partial charge is 0.263 e. The Morgan fingerprint density at radius 1 is 1.38 bits per heavy atom. The number of aromatic nitrogens is 1. The van der Waals surface area contributed by atoms with E-state index in [1.54, 1.807) is 24.5 Å². The highest BCUT2D eigenvalue weighted by atomic mass is 35.5. The van der Waals surface area contributed by atoms with Gasteiger partial charge in [-0.25, -0.2) is 4.39 Å². The quantitative estimate of drug-likeness (QED) is 0.792. The molecule has 0 unspecified atom stereocenters. The zero-order valence-electron chi connectivity index (χ0n) is 10.8. The molecule has 1 amide bonds. The molecule has 0 bridgehead atoms. The highest BCUT2D eigenvalue weighted by Gasteiger charge is 2.17. The summed E-state index contributed by atoms with van der Waals surface area (Å²) in [4.78, 5) is 16.6. The van der Waals surface area contributed by atoms with Crippen LogP contribution in [0.4, 0.5) is 4.39 Å². The second kappa shape index (κ2) is 5.79. The summed E-state index contributed by atoms with van der Waals surface area (Å²) < 4.78 is 13.9. The van der Waals surface area contributed by atoms with Crippen LogP contribution in [0.25, 0.3) is 10.1 Å². The van der Waals surface area contributed by atoms with Gasteiger partial charge in [0.1, 0.15) is 10.7 Å². The first kappa shape index (κ1) is 14.0. The van der Waals surface area contributed by atoms with Gasteiger partial charge in [0, 0.05) is 29.0 Å². The molecule has 0 aliphatic heterocycles. The van der Waals surface area contributed by atoms with Crippen LogP contribution in [-0.2, 0) is 6.54 Å². The second-order valence-electron chi connectivity index (χ2n) is 4.43. The van der Waals surface area contributed by atoms with Crippen LogP contribution >= 0.6 is 22.9 Å². The van der Waals surface area contributed by atoms with Gasteiger partial charge in [0.05, 0.1) is 5.02 Å². The maximum Gasteiger partial charge on any atom is 0.263 e. The summed E-state index contributed by atoms with van der Waals surface area (Å²) in [5.74, 6) is -0.617. The van der Waals surface area contributed by atoms with Crippen molar-refractivity contribution in [2.24, 2.45) is 0 Å². The van der Waals surface area contributed by atoms with Crippen LogP contribution in [0.1, 0.15) is 15.2 Å². The average Bonchev–Trinajstić information content (AvgIpc) is 2.82. The predicted molar refractivity (Wildman–Crippen MR) is 82.2 cm³/mol. The minimum Gasteiger partial charge on any atom is -0.347 e. The van der Waals surface area contributed by atoms with Crippen molar-refractivity contribution < 1.29 is 9.18 Å². The highest BCUT2D eigenvalue weighted by molar-refractivity contribution is 7.21. The number of pyridine rings is 1. The molecule has 21 heavy (non-hydrogen) atoms. The Morgan fingerprint density at radius 3 is 3.00 bits per heavy atom. The van der Waals surface area contributed by atoms with E-state index in [-0.39, 0.29) is 11.7 Å². The number of hydrogen-bond acceptors (Lipinski definition) is 3. The fourth-order valence-electron chi connectivity index (χ4n) is 1.95. The first-order valence-corrected chi connectivity index (χ1v) is 7.39. The first-order chi connectivity index (χ1) is 10.1. The van der Waals surface area contributed by atoms with Gasteiger partial charge in [0.25, 0.3) is 5.91 Å². The van der Waals surface area contributed by atoms with Crippen molar-refractivity contribution in [3.8, 4) is 0 Å². The summed E-state index contributed by atoms with van der Waals surface area (Å²) in [5, 5.41) is 3.83. The van der Waals surface area contributed by atoms with Gasteiger partial charge in [-0.15, -0.1) is 11.3 Å². The molecular weight excluding hydrogens is 311 g/mol. The topological polar surface area (TPSA) is 42.0 Å². The van der Waals surface area contributed by atoms with Crippen LogP contribution in [0.5, 0.6) is 0 Å². The minimum absolute atomic E-state index is 0.273. The Morgan fingerprint density at radius 2 is 2.24 bits per heavy atom. The SMILES string of the molecule is O=C(NCc1cccnc1)c1sc2cc(F)ccc2c1Cl. The minimum atomic E-state index is -0.345.